The summed E-state index contributed by atoms with van der Waals surface area (Å²) in [6.45, 7) is 2.59. The normalized spacial score (nSPS) is 12.8. The number of phenols is 2. The van der Waals surface area contributed by atoms with Crippen LogP contribution in [-0.2, 0) is 0 Å². The van der Waals surface area contributed by atoms with Gasteiger partial charge in [0.15, 0.2) is 0 Å². The quantitative estimate of drug-likeness (QED) is 0.717. The second-order valence-electron chi connectivity index (χ2n) is 5.01. The molecule has 0 bridgehead atoms. The molecule has 114 valence electrons. The van der Waals surface area contributed by atoms with Gasteiger partial charge in [0, 0.05) is 23.4 Å². The molecular weight excluding hydrogens is 276 g/mol. The number of benzene rings is 2. The van der Waals surface area contributed by atoms with Gasteiger partial charge in [-0.3, -0.25) is 4.99 Å². The largest absolute Gasteiger partial charge is 0.507 e. The Kier molecular flexibility index (Phi) is 5.60. The number of hydrogen-bond donors (Lipinski definition) is 3. The minimum absolute atomic E-state index is 0.143. The van der Waals surface area contributed by atoms with E-state index >= 15 is 0 Å². The summed E-state index contributed by atoms with van der Waals surface area (Å²) in [4.78, 5) is 4.31. The van der Waals surface area contributed by atoms with Crippen LogP contribution in [0.2, 0.25) is 0 Å². The number of nitrogens with zero attached hydrogens (tertiary/aromatic N) is 1. The first-order chi connectivity index (χ1) is 10.7. The molecule has 0 aliphatic carbocycles. The minimum atomic E-state index is 0.143. The first-order valence-corrected chi connectivity index (χ1v) is 7.15. The Labute approximate surface area is 130 Å². The fourth-order valence-corrected chi connectivity index (χ4v) is 1.89. The van der Waals surface area contributed by atoms with Crippen molar-refractivity contribution in [3.05, 3.63) is 65.9 Å². The molecule has 0 spiro atoms. The van der Waals surface area contributed by atoms with Crippen molar-refractivity contribution >= 4 is 12.3 Å². The Balaban J connectivity index is 1.82. The number of para-hydroxylation sites is 2. The Morgan fingerprint density at radius 2 is 1.59 bits per heavy atom. The van der Waals surface area contributed by atoms with Gasteiger partial charge in [-0.25, -0.2) is 0 Å². The Hall–Kier alpha value is -2.75. The molecule has 0 aliphatic heterocycles. The monoisotopic (exact) mass is 296 g/mol. The molecule has 2 rings (SSSR count). The van der Waals surface area contributed by atoms with Crippen LogP contribution in [0.25, 0.3) is 6.08 Å². The first-order valence-electron chi connectivity index (χ1n) is 7.15. The van der Waals surface area contributed by atoms with Gasteiger partial charge in [0.1, 0.15) is 11.5 Å². The number of phenolic OH excluding ortho intramolecular Hbond substituents is 2. The van der Waals surface area contributed by atoms with E-state index < -0.39 is 0 Å². The number of rotatable bonds is 6. The van der Waals surface area contributed by atoms with E-state index in [2.05, 4.69) is 10.3 Å². The van der Waals surface area contributed by atoms with Crippen LogP contribution >= 0.6 is 0 Å². The van der Waals surface area contributed by atoms with Gasteiger partial charge in [0.25, 0.3) is 0 Å². The molecule has 4 heteroatoms. The lowest BCUT2D eigenvalue weighted by atomic mass is 10.2. The summed E-state index contributed by atoms with van der Waals surface area (Å²) in [6.07, 6.45) is 5.29. The third kappa shape index (κ3) is 4.66. The van der Waals surface area contributed by atoms with Crippen LogP contribution in [0.15, 0.2) is 59.7 Å². The zero-order valence-corrected chi connectivity index (χ0v) is 12.5. The summed E-state index contributed by atoms with van der Waals surface area (Å²) in [5, 5.41) is 22.5. The molecule has 0 radical (unpaired) electrons. The summed E-state index contributed by atoms with van der Waals surface area (Å²) in [7, 11) is 0. The number of aliphatic imine (C=N–C) groups is 1. The molecule has 4 nitrogen and oxygen atoms in total. The molecule has 0 aromatic heterocycles. The fraction of sp³-hybridized carbons (Fsp3) is 0.167. The van der Waals surface area contributed by atoms with Crippen molar-refractivity contribution in [2.45, 2.75) is 13.0 Å². The van der Waals surface area contributed by atoms with Crippen LogP contribution < -0.4 is 5.32 Å². The van der Waals surface area contributed by atoms with Gasteiger partial charge < -0.3 is 15.5 Å². The zero-order valence-electron chi connectivity index (χ0n) is 12.5. The molecule has 22 heavy (non-hydrogen) atoms. The highest BCUT2D eigenvalue weighted by Gasteiger charge is 1.98. The van der Waals surface area contributed by atoms with Gasteiger partial charge in [-0.2, -0.15) is 0 Å². The van der Waals surface area contributed by atoms with E-state index in [4.69, 9.17) is 0 Å². The summed E-state index contributed by atoms with van der Waals surface area (Å²) in [5.74, 6) is 0.483. The maximum absolute atomic E-state index is 9.64. The van der Waals surface area contributed by atoms with Crippen molar-refractivity contribution in [2.75, 3.05) is 6.54 Å². The lowest BCUT2D eigenvalue weighted by Crippen LogP contribution is -2.23. The highest BCUT2D eigenvalue weighted by molar-refractivity contribution is 5.83. The predicted octanol–water partition coefficient (Wildman–Crippen LogP) is 3.17. The molecule has 1 atom stereocenters. The summed E-state index contributed by atoms with van der Waals surface area (Å²) in [6, 6.07) is 14.4. The molecule has 0 aliphatic rings. The third-order valence-corrected chi connectivity index (χ3v) is 3.13. The van der Waals surface area contributed by atoms with Crippen LogP contribution in [-0.4, -0.2) is 29.0 Å². The minimum Gasteiger partial charge on any atom is -0.507 e. The maximum atomic E-state index is 9.64. The van der Waals surface area contributed by atoms with Gasteiger partial charge in [-0.05, 0) is 37.4 Å². The standard InChI is InChI=1S/C18H20N2O2/c1-14(12-19-13-16-7-3-5-9-18(16)22)20-11-10-15-6-2-4-8-17(15)21/h2-11,13-14,20-22H,12H2,1H3. The summed E-state index contributed by atoms with van der Waals surface area (Å²) < 4.78 is 0. The highest BCUT2D eigenvalue weighted by atomic mass is 16.3. The predicted molar refractivity (Wildman–Crippen MR) is 90.3 cm³/mol. The van der Waals surface area contributed by atoms with E-state index in [1.165, 1.54) is 0 Å². The second-order valence-corrected chi connectivity index (χ2v) is 5.01. The van der Waals surface area contributed by atoms with Crippen LogP contribution in [0.1, 0.15) is 18.1 Å². The Bertz CT molecular complexity index is 608. The van der Waals surface area contributed by atoms with E-state index in [1.54, 1.807) is 36.7 Å². The van der Waals surface area contributed by atoms with E-state index in [-0.39, 0.29) is 17.5 Å². The zero-order chi connectivity index (χ0) is 15.8. The molecule has 0 amide bonds. The number of nitrogens with one attached hydrogen (secondary N) is 1. The molecule has 0 fully saturated rings. The molecule has 0 heterocycles. The van der Waals surface area contributed by atoms with E-state index in [0.29, 0.717) is 12.1 Å². The molecule has 3 N–H and O–H groups in total. The van der Waals surface area contributed by atoms with Crippen molar-refractivity contribution in [3.63, 3.8) is 0 Å². The topological polar surface area (TPSA) is 64.9 Å². The SMILES string of the molecule is CC(CN=Cc1ccccc1O)NC=Cc1ccccc1O. The van der Waals surface area contributed by atoms with Crippen molar-refractivity contribution < 1.29 is 10.2 Å². The van der Waals surface area contributed by atoms with Crippen molar-refractivity contribution in [1.82, 2.24) is 5.32 Å². The highest BCUT2D eigenvalue weighted by Crippen LogP contribution is 2.16. The molecular formula is C18H20N2O2. The van der Waals surface area contributed by atoms with Crippen LogP contribution in [0.4, 0.5) is 0 Å². The van der Waals surface area contributed by atoms with Crippen molar-refractivity contribution in [2.24, 2.45) is 4.99 Å². The van der Waals surface area contributed by atoms with Gasteiger partial charge in [0.05, 0.1) is 6.54 Å². The smallest absolute Gasteiger partial charge is 0.124 e. The third-order valence-electron chi connectivity index (χ3n) is 3.13. The lowest BCUT2D eigenvalue weighted by molar-refractivity contribution is 0.473. The van der Waals surface area contributed by atoms with Gasteiger partial charge in [-0.1, -0.05) is 30.3 Å². The molecule has 0 saturated carbocycles. The molecule has 0 saturated heterocycles. The summed E-state index contributed by atoms with van der Waals surface area (Å²) in [5.41, 5.74) is 1.47. The lowest BCUT2D eigenvalue weighted by Gasteiger charge is -2.08. The van der Waals surface area contributed by atoms with Crippen molar-refractivity contribution in [1.29, 1.82) is 0 Å². The molecule has 1 unspecified atom stereocenters. The van der Waals surface area contributed by atoms with Crippen LogP contribution in [0, 0.1) is 0 Å². The van der Waals surface area contributed by atoms with E-state index in [1.807, 2.05) is 37.3 Å². The van der Waals surface area contributed by atoms with Gasteiger partial charge in [-0.15, -0.1) is 0 Å². The van der Waals surface area contributed by atoms with Crippen LogP contribution in [0.5, 0.6) is 11.5 Å². The van der Waals surface area contributed by atoms with Gasteiger partial charge >= 0.3 is 0 Å². The van der Waals surface area contributed by atoms with E-state index in [0.717, 1.165) is 5.56 Å². The first kappa shape index (κ1) is 15.6. The maximum Gasteiger partial charge on any atom is 0.124 e. The average Bonchev–Trinajstić information content (AvgIpc) is 2.51. The molecule has 2 aromatic carbocycles. The second kappa shape index (κ2) is 7.88. The van der Waals surface area contributed by atoms with Gasteiger partial charge in [0.2, 0.25) is 0 Å². The van der Waals surface area contributed by atoms with E-state index in [9.17, 15) is 10.2 Å². The Morgan fingerprint density at radius 3 is 2.23 bits per heavy atom. The number of aromatic hydroxyl groups is 2. The summed E-state index contributed by atoms with van der Waals surface area (Å²) >= 11 is 0. The average molecular weight is 296 g/mol. The fourth-order valence-electron chi connectivity index (χ4n) is 1.89. The Morgan fingerprint density at radius 1 is 1.00 bits per heavy atom. The molecule has 2 aromatic rings. The van der Waals surface area contributed by atoms with Crippen molar-refractivity contribution in [3.8, 4) is 11.5 Å². The number of hydrogen-bond acceptors (Lipinski definition) is 4. The van der Waals surface area contributed by atoms with Crippen LogP contribution in [0.3, 0.4) is 0 Å².